The number of nitrogens with one attached hydrogen (secondary N) is 1. The highest BCUT2D eigenvalue weighted by Gasteiger charge is 2.37. The van der Waals surface area contributed by atoms with Gasteiger partial charge in [0.05, 0.1) is 18.5 Å². The molecule has 0 bridgehead atoms. The highest BCUT2D eigenvalue weighted by atomic mass is 16.5. The lowest BCUT2D eigenvalue weighted by atomic mass is 10.1. The number of aryl methyl sites for hydroxylation is 2. The third-order valence-corrected chi connectivity index (χ3v) is 5.80. The maximum absolute atomic E-state index is 13.2. The van der Waals surface area contributed by atoms with E-state index in [9.17, 15) is 14.4 Å². The minimum absolute atomic E-state index is 0.102. The predicted octanol–water partition coefficient (Wildman–Crippen LogP) is 4.33. The number of ether oxygens (including phenoxy) is 1. The molecule has 1 fully saturated rings. The summed E-state index contributed by atoms with van der Waals surface area (Å²) in [6.45, 7) is 5.87. The van der Waals surface area contributed by atoms with Crippen LogP contribution in [-0.2, 0) is 16.0 Å². The molecular formula is C26H25N3O4. The van der Waals surface area contributed by atoms with E-state index in [1.807, 2.05) is 67.8 Å². The number of amides is 4. The van der Waals surface area contributed by atoms with Crippen molar-refractivity contribution in [3.05, 3.63) is 82.7 Å². The number of barbiturate groups is 1. The van der Waals surface area contributed by atoms with Gasteiger partial charge in [-0.3, -0.25) is 14.9 Å². The summed E-state index contributed by atoms with van der Waals surface area (Å²) < 4.78 is 7.50. The number of hydrogen-bond donors (Lipinski definition) is 1. The van der Waals surface area contributed by atoms with Crippen molar-refractivity contribution in [3.63, 3.8) is 0 Å². The number of para-hydroxylation sites is 2. The van der Waals surface area contributed by atoms with Crippen LogP contribution in [0.15, 0.2) is 60.2 Å². The minimum atomic E-state index is -0.758. The number of benzene rings is 2. The molecule has 4 amide bonds. The van der Waals surface area contributed by atoms with Gasteiger partial charge in [0.1, 0.15) is 11.3 Å². The zero-order chi connectivity index (χ0) is 23.7. The molecule has 1 saturated heterocycles. The van der Waals surface area contributed by atoms with Crippen molar-refractivity contribution >= 4 is 29.6 Å². The van der Waals surface area contributed by atoms with Gasteiger partial charge in [0.2, 0.25) is 0 Å². The number of carbonyl (C=O) groups is 3. The number of anilines is 1. The Morgan fingerprint density at radius 1 is 1.00 bits per heavy atom. The molecule has 2 heterocycles. The van der Waals surface area contributed by atoms with Crippen LogP contribution in [0.1, 0.15) is 29.4 Å². The molecule has 168 valence electrons. The summed E-state index contributed by atoms with van der Waals surface area (Å²) in [6, 6.07) is 15.9. The summed E-state index contributed by atoms with van der Waals surface area (Å²) in [7, 11) is 1.61. The molecule has 1 aliphatic heterocycles. The van der Waals surface area contributed by atoms with Crippen molar-refractivity contribution in [2.45, 2.75) is 27.2 Å². The van der Waals surface area contributed by atoms with Crippen molar-refractivity contribution < 1.29 is 19.1 Å². The Morgan fingerprint density at radius 3 is 2.36 bits per heavy atom. The van der Waals surface area contributed by atoms with Crippen LogP contribution in [0.2, 0.25) is 0 Å². The SMILES string of the molecule is CCc1ccc(N2C(=O)NC(=O)C(=Cc3cc(C)n(-c4ccccc4OC)c3C)C2=O)cc1. The smallest absolute Gasteiger partial charge is 0.335 e. The molecule has 0 atom stereocenters. The zero-order valence-electron chi connectivity index (χ0n) is 19.0. The van der Waals surface area contributed by atoms with E-state index in [2.05, 4.69) is 5.32 Å². The molecule has 1 aromatic heterocycles. The fraction of sp³-hybridized carbons (Fsp3) is 0.192. The molecule has 7 nitrogen and oxygen atoms in total. The molecule has 4 rings (SSSR count). The van der Waals surface area contributed by atoms with E-state index in [0.29, 0.717) is 17.0 Å². The zero-order valence-corrected chi connectivity index (χ0v) is 19.0. The quantitative estimate of drug-likeness (QED) is 0.470. The first-order chi connectivity index (χ1) is 15.8. The number of hydrogen-bond acceptors (Lipinski definition) is 4. The van der Waals surface area contributed by atoms with Crippen molar-refractivity contribution in [2.75, 3.05) is 12.0 Å². The first kappa shape index (κ1) is 22.1. The second kappa shape index (κ2) is 8.78. The average Bonchev–Trinajstić information content (AvgIpc) is 3.09. The Bertz CT molecular complexity index is 1290. The molecule has 7 heteroatoms. The summed E-state index contributed by atoms with van der Waals surface area (Å²) in [4.78, 5) is 39.3. The predicted molar refractivity (Wildman–Crippen MR) is 127 cm³/mol. The van der Waals surface area contributed by atoms with Crippen LogP contribution in [-0.4, -0.2) is 29.5 Å². The van der Waals surface area contributed by atoms with Crippen LogP contribution in [0.25, 0.3) is 11.8 Å². The highest BCUT2D eigenvalue weighted by Crippen LogP contribution is 2.30. The summed E-state index contributed by atoms with van der Waals surface area (Å²) in [5.41, 5.74) is 4.69. The molecule has 2 aromatic carbocycles. The van der Waals surface area contributed by atoms with Gasteiger partial charge in [0.15, 0.2) is 0 Å². The summed E-state index contributed by atoms with van der Waals surface area (Å²) in [5.74, 6) is -0.666. The lowest BCUT2D eigenvalue weighted by Gasteiger charge is -2.26. The Labute approximate surface area is 192 Å². The number of nitrogens with zero attached hydrogens (tertiary/aromatic N) is 2. The molecule has 0 saturated carbocycles. The van der Waals surface area contributed by atoms with Crippen molar-refractivity contribution in [2.24, 2.45) is 0 Å². The normalized spacial score (nSPS) is 15.2. The van der Waals surface area contributed by atoms with Crippen molar-refractivity contribution in [1.29, 1.82) is 0 Å². The van der Waals surface area contributed by atoms with Gasteiger partial charge >= 0.3 is 6.03 Å². The molecule has 0 radical (unpaired) electrons. The maximum Gasteiger partial charge on any atom is 0.335 e. The van der Waals surface area contributed by atoms with Crippen LogP contribution in [0.4, 0.5) is 10.5 Å². The van der Waals surface area contributed by atoms with Gasteiger partial charge in [-0.05, 0) is 67.8 Å². The standard InChI is InChI=1S/C26H25N3O4/c1-5-18-10-12-20(13-11-18)29-25(31)21(24(30)27-26(29)32)15-19-14-16(2)28(17(19)3)22-8-6-7-9-23(22)33-4/h6-15H,5H2,1-4H3,(H,27,30,32). The van der Waals surface area contributed by atoms with E-state index in [1.54, 1.807) is 19.2 Å². The van der Waals surface area contributed by atoms with Crippen LogP contribution in [0, 0.1) is 13.8 Å². The Balaban J connectivity index is 1.76. The fourth-order valence-corrected chi connectivity index (χ4v) is 4.05. The molecule has 0 spiro atoms. The number of rotatable bonds is 5. The second-order valence-corrected chi connectivity index (χ2v) is 7.81. The lowest BCUT2D eigenvalue weighted by molar-refractivity contribution is -0.122. The van der Waals surface area contributed by atoms with Gasteiger partial charge in [-0.2, -0.15) is 0 Å². The summed E-state index contributed by atoms with van der Waals surface area (Å²) >= 11 is 0. The second-order valence-electron chi connectivity index (χ2n) is 7.81. The fourth-order valence-electron chi connectivity index (χ4n) is 4.05. The van der Waals surface area contributed by atoms with Gasteiger partial charge in [-0.1, -0.05) is 31.2 Å². The Kier molecular flexibility index (Phi) is 5.87. The molecule has 3 aromatic rings. The van der Waals surface area contributed by atoms with Crippen LogP contribution >= 0.6 is 0 Å². The third-order valence-electron chi connectivity index (χ3n) is 5.80. The minimum Gasteiger partial charge on any atom is -0.495 e. The van der Waals surface area contributed by atoms with Gasteiger partial charge in [-0.15, -0.1) is 0 Å². The van der Waals surface area contributed by atoms with Gasteiger partial charge in [-0.25, -0.2) is 9.69 Å². The van der Waals surface area contributed by atoms with Crippen LogP contribution < -0.4 is 15.0 Å². The van der Waals surface area contributed by atoms with Crippen LogP contribution in [0.3, 0.4) is 0 Å². The molecular weight excluding hydrogens is 418 g/mol. The number of carbonyl (C=O) groups excluding carboxylic acids is 3. The number of aromatic nitrogens is 1. The Hall–Kier alpha value is -4.13. The first-order valence-corrected chi connectivity index (χ1v) is 10.7. The topological polar surface area (TPSA) is 80.6 Å². The van der Waals surface area contributed by atoms with Crippen LogP contribution in [0.5, 0.6) is 5.75 Å². The van der Waals surface area contributed by atoms with Gasteiger partial charge in [0, 0.05) is 11.4 Å². The molecule has 33 heavy (non-hydrogen) atoms. The maximum atomic E-state index is 13.2. The van der Waals surface area contributed by atoms with E-state index in [-0.39, 0.29) is 5.57 Å². The Morgan fingerprint density at radius 2 is 1.70 bits per heavy atom. The van der Waals surface area contributed by atoms with E-state index < -0.39 is 17.8 Å². The van der Waals surface area contributed by atoms with Crippen molar-refractivity contribution in [3.8, 4) is 11.4 Å². The molecule has 0 unspecified atom stereocenters. The molecule has 0 aliphatic carbocycles. The highest BCUT2D eigenvalue weighted by molar-refractivity contribution is 6.39. The van der Waals surface area contributed by atoms with Crippen molar-refractivity contribution in [1.82, 2.24) is 9.88 Å². The largest absolute Gasteiger partial charge is 0.495 e. The van der Waals surface area contributed by atoms with E-state index in [1.165, 1.54) is 6.08 Å². The number of urea groups is 1. The monoisotopic (exact) mass is 443 g/mol. The average molecular weight is 444 g/mol. The lowest BCUT2D eigenvalue weighted by Crippen LogP contribution is -2.54. The molecule has 1 N–H and O–H groups in total. The number of imide groups is 2. The third kappa shape index (κ3) is 3.93. The van der Waals surface area contributed by atoms with E-state index in [0.717, 1.165) is 34.0 Å². The van der Waals surface area contributed by atoms with E-state index in [4.69, 9.17) is 4.74 Å². The first-order valence-electron chi connectivity index (χ1n) is 10.7. The molecule has 1 aliphatic rings. The summed E-state index contributed by atoms with van der Waals surface area (Å²) in [6.07, 6.45) is 2.37. The summed E-state index contributed by atoms with van der Waals surface area (Å²) in [5, 5.41) is 2.28. The van der Waals surface area contributed by atoms with Gasteiger partial charge < -0.3 is 9.30 Å². The van der Waals surface area contributed by atoms with E-state index >= 15 is 0 Å². The van der Waals surface area contributed by atoms with Gasteiger partial charge in [0.25, 0.3) is 11.8 Å². The number of methoxy groups -OCH3 is 1.